The number of nitrogens with zero attached hydrogens (tertiary/aromatic N) is 3. The van der Waals surface area contributed by atoms with E-state index in [1.54, 1.807) is 19.2 Å². The van der Waals surface area contributed by atoms with E-state index >= 15 is 0 Å². The molecule has 0 aliphatic rings. The standard InChI is InChI=1S/C19H23N3O2S/c1-5-18-17(14(2)22(4)20-18)13-21(3)25(23,24)19-12-8-10-15-9-6-7-11-16(15)19/h6-12H,5,13H2,1-4H3. The van der Waals surface area contributed by atoms with Crippen molar-refractivity contribution >= 4 is 20.8 Å². The van der Waals surface area contributed by atoms with Crippen LogP contribution >= 0.6 is 0 Å². The maximum absolute atomic E-state index is 13.2. The van der Waals surface area contributed by atoms with Crippen LogP contribution in [0.4, 0.5) is 0 Å². The van der Waals surface area contributed by atoms with Gasteiger partial charge < -0.3 is 0 Å². The summed E-state index contributed by atoms with van der Waals surface area (Å²) in [4.78, 5) is 0.340. The summed E-state index contributed by atoms with van der Waals surface area (Å²) in [5.41, 5.74) is 2.92. The molecule has 0 aliphatic carbocycles. The van der Waals surface area contributed by atoms with Crippen LogP contribution in [-0.4, -0.2) is 29.6 Å². The van der Waals surface area contributed by atoms with Crippen LogP contribution in [0.25, 0.3) is 10.8 Å². The molecular weight excluding hydrogens is 334 g/mol. The largest absolute Gasteiger partial charge is 0.272 e. The summed E-state index contributed by atoms with van der Waals surface area (Å²) in [5, 5.41) is 6.15. The van der Waals surface area contributed by atoms with Crippen molar-refractivity contribution in [1.29, 1.82) is 0 Å². The Morgan fingerprint density at radius 3 is 2.52 bits per heavy atom. The van der Waals surface area contributed by atoms with Gasteiger partial charge in [0.2, 0.25) is 10.0 Å². The van der Waals surface area contributed by atoms with E-state index in [1.165, 1.54) is 4.31 Å². The number of aromatic nitrogens is 2. The van der Waals surface area contributed by atoms with E-state index in [4.69, 9.17) is 0 Å². The molecule has 0 unspecified atom stereocenters. The highest BCUT2D eigenvalue weighted by atomic mass is 32.2. The monoisotopic (exact) mass is 357 g/mol. The average Bonchev–Trinajstić information content (AvgIpc) is 2.88. The first-order valence-electron chi connectivity index (χ1n) is 8.31. The maximum Gasteiger partial charge on any atom is 0.243 e. The van der Waals surface area contributed by atoms with Gasteiger partial charge in [0, 0.05) is 37.3 Å². The second-order valence-electron chi connectivity index (χ2n) is 6.23. The van der Waals surface area contributed by atoms with Crippen molar-refractivity contribution < 1.29 is 8.42 Å². The smallest absolute Gasteiger partial charge is 0.243 e. The highest BCUT2D eigenvalue weighted by Crippen LogP contribution is 2.27. The molecule has 6 heteroatoms. The predicted molar refractivity (Wildman–Crippen MR) is 99.9 cm³/mol. The zero-order valence-corrected chi connectivity index (χ0v) is 15.8. The second-order valence-corrected chi connectivity index (χ2v) is 8.24. The molecule has 25 heavy (non-hydrogen) atoms. The van der Waals surface area contributed by atoms with E-state index < -0.39 is 10.0 Å². The Labute approximate surface area is 148 Å². The first-order valence-corrected chi connectivity index (χ1v) is 9.75. The first kappa shape index (κ1) is 17.6. The quantitative estimate of drug-likeness (QED) is 0.704. The van der Waals surface area contributed by atoms with Crippen molar-refractivity contribution in [2.24, 2.45) is 7.05 Å². The van der Waals surface area contributed by atoms with Crippen molar-refractivity contribution in [2.45, 2.75) is 31.7 Å². The molecule has 3 rings (SSSR count). The molecule has 0 spiro atoms. The maximum atomic E-state index is 13.2. The Hall–Kier alpha value is -2.18. The van der Waals surface area contributed by atoms with E-state index in [1.807, 2.05) is 55.9 Å². The summed E-state index contributed by atoms with van der Waals surface area (Å²) < 4.78 is 29.6. The van der Waals surface area contributed by atoms with Gasteiger partial charge in [0.25, 0.3) is 0 Å². The first-order chi connectivity index (χ1) is 11.9. The highest BCUT2D eigenvalue weighted by Gasteiger charge is 2.25. The van der Waals surface area contributed by atoms with Gasteiger partial charge in [-0.15, -0.1) is 0 Å². The zero-order valence-electron chi connectivity index (χ0n) is 15.0. The average molecular weight is 357 g/mol. The lowest BCUT2D eigenvalue weighted by Crippen LogP contribution is -2.27. The summed E-state index contributed by atoms with van der Waals surface area (Å²) in [7, 11) is -0.0859. The Morgan fingerprint density at radius 1 is 1.12 bits per heavy atom. The fourth-order valence-electron chi connectivity index (χ4n) is 3.11. The number of sulfonamides is 1. The lowest BCUT2D eigenvalue weighted by molar-refractivity contribution is 0.465. The Kier molecular flexibility index (Phi) is 4.67. The van der Waals surface area contributed by atoms with Crippen LogP contribution in [0.1, 0.15) is 23.9 Å². The summed E-state index contributed by atoms with van der Waals surface area (Å²) in [6, 6.07) is 12.9. The van der Waals surface area contributed by atoms with Gasteiger partial charge in [0.1, 0.15) is 0 Å². The van der Waals surface area contributed by atoms with Gasteiger partial charge in [-0.1, -0.05) is 43.3 Å². The van der Waals surface area contributed by atoms with Crippen LogP contribution in [0.5, 0.6) is 0 Å². The second kappa shape index (κ2) is 6.61. The van der Waals surface area contributed by atoms with Gasteiger partial charge in [-0.2, -0.15) is 9.40 Å². The summed E-state index contributed by atoms with van der Waals surface area (Å²) in [5.74, 6) is 0. The molecule has 5 nitrogen and oxygen atoms in total. The lowest BCUT2D eigenvalue weighted by atomic mass is 10.1. The van der Waals surface area contributed by atoms with Crippen molar-refractivity contribution in [3.8, 4) is 0 Å². The molecule has 0 aliphatic heterocycles. The van der Waals surface area contributed by atoms with E-state index in [0.29, 0.717) is 11.4 Å². The van der Waals surface area contributed by atoms with Crippen molar-refractivity contribution in [1.82, 2.24) is 14.1 Å². The molecule has 0 fully saturated rings. The summed E-state index contributed by atoms with van der Waals surface area (Å²) in [6.45, 7) is 4.32. The molecule has 1 aromatic heterocycles. The third-order valence-electron chi connectivity index (χ3n) is 4.69. The zero-order chi connectivity index (χ0) is 18.2. The van der Waals surface area contributed by atoms with Crippen LogP contribution in [0.15, 0.2) is 47.4 Å². The summed E-state index contributed by atoms with van der Waals surface area (Å²) in [6.07, 6.45) is 0.777. The van der Waals surface area contributed by atoms with E-state index in [9.17, 15) is 8.42 Å². The van der Waals surface area contributed by atoms with E-state index in [-0.39, 0.29) is 0 Å². The molecule has 0 saturated heterocycles. The molecule has 0 amide bonds. The number of rotatable bonds is 5. The Balaban J connectivity index is 2.03. The number of hydrogen-bond acceptors (Lipinski definition) is 3. The van der Waals surface area contributed by atoms with Gasteiger partial charge in [-0.05, 0) is 24.8 Å². The minimum atomic E-state index is -3.60. The molecule has 0 radical (unpaired) electrons. The van der Waals surface area contributed by atoms with Gasteiger partial charge in [-0.25, -0.2) is 8.42 Å². The summed E-state index contributed by atoms with van der Waals surface area (Å²) >= 11 is 0. The van der Waals surface area contributed by atoms with Crippen molar-refractivity contribution in [3.63, 3.8) is 0 Å². The molecule has 0 saturated carbocycles. The van der Waals surface area contributed by atoms with Gasteiger partial charge in [-0.3, -0.25) is 4.68 Å². The number of benzene rings is 2. The van der Waals surface area contributed by atoms with Crippen molar-refractivity contribution in [3.05, 3.63) is 59.4 Å². The third-order valence-corrected chi connectivity index (χ3v) is 6.56. The molecule has 0 N–H and O–H groups in total. The third kappa shape index (κ3) is 3.07. The van der Waals surface area contributed by atoms with Crippen LogP contribution < -0.4 is 0 Å². The molecule has 0 bridgehead atoms. The van der Waals surface area contributed by atoms with Gasteiger partial charge >= 0.3 is 0 Å². The molecule has 132 valence electrons. The minimum Gasteiger partial charge on any atom is -0.272 e. The molecule has 3 aromatic rings. The fourth-order valence-corrected chi connectivity index (χ4v) is 4.46. The van der Waals surface area contributed by atoms with Crippen LogP contribution in [0.2, 0.25) is 0 Å². The van der Waals surface area contributed by atoms with E-state index in [2.05, 4.69) is 5.10 Å². The Bertz CT molecular complexity index is 1020. The highest BCUT2D eigenvalue weighted by molar-refractivity contribution is 7.89. The molecular formula is C19H23N3O2S. The molecule has 2 aromatic carbocycles. The number of aryl methyl sites for hydroxylation is 2. The van der Waals surface area contributed by atoms with Crippen LogP contribution in [0, 0.1) is 6.92 Å². The van der Waals surface area contributed by atoms with E-state index in [0.717, 1.165) is 34.1 Å². The molecule has 0 atom stereocenters. The van der Waals surface area contributed by atoms with Crippen LogP contribution in [-0.2, 0) is 30.0 Å². The van der Waals surface area contributed by atoms with Gasteiger partial charge in [0.05, 0.1) is 10.6 Å². The SMILES string of the molecule is CCc1nn(C)c(C)c1CN(C)S(=O)(=O)c1cccc2ccccc12. The fraction of sp³-hybridized carbons (Fsp3) is 0.316. The topological polar surface area (TPSA) is 55.2 Å². The number of fused-ring (bicyclic) bond motifs is 1. The Morgan fingerprint density at radius 2 is 1.80 bits per heavy atom. The molecule has 1 heterocycles. The lowest BCUT2D eigenvalue weighted by Gasteiger charge is -2.19. The normalized spacial score (nSPS) is 12.2. The predicted octanol–water partition coefficient (Wildman–Crippen LogP) is 3.26. The van der Waals surface area contributed by atoms with Crippen LogP contribution in [0.3, 0.4) is 0 Å². The van der Waals surface area contributed by atoms with Gasteiger partial charge in [0.15, 0.2) is 0 Å². The van der Waals surface area contributed by atoms with Crippen molar-refractivity contribution in [2.75, 3.05) is 7.05 Å². The number of hydrogen-bond donors (Lipinski definition) is 0. The minimum absolute atomic E-state index is 0.314.